The van der Waals surface area contributed by atoms with Crippen molar-refractivity contribution >= 4 is 34.7 Å². The first kappa shape index (κ1) is 17.3. The summed E-state index contributed by atoms with van der Waals surface area (Å²) in [6, 6.07) is 3.44. The van der Waals surface area contributed by atoms with Gasteiger partial charge in [0.05, 0.1) is 21.6 Å². The number of piperidine rings is 1. The predicted molar refractivity (Wildman–Crippen MR) is 95.5 cm³/mol. The maximum atomic E-state index is 12.0. The van der Waals surface area contributed by atoms with Crippen LogP contribution in [0.15, 0.2) is 23.9 Å². The molecule has 130 valence electrons. The standard InChI is InChI=1S/C16H21ClN4O2S/c1-10(18)21-6-4-11(5-7-21)13-8-12(23-20-13)9-19-16(22)14-2-3-15(17)24-14/h2-3,8,11-12,18,20H,4-7,9H2,1H3,(H,19,22). The van der Waals surface area contributed by atoms with E-state index in [1.165, 1.54) is 11.3 Å². The molecule has 1 amide bonds. The van der Waals surface area contributed by atoms with E-state index < -0.39 is 0 Å². The second kappa shape index (κ2) is 7.55. The van der Waals surface area contributed by atoms with E-state index in [4.69, 9.17) is 21.8 Å². The van der Waals surface area contributed by atoms with E-state index in [1.54, 1.807) is 12.1 Å². The maximum absolute atomic E-state index is 12.0. The Morgan fingerprint density at radius 3 is 2.88 bits per heavy atom. The molecule has 1 aromatic heterocycles. The highest BCUT2D eigenvalue weighted by Gasteiger charge is 2.27. The van der Waals surface area contributed by atoms with Gasteiger partial charge in [-0.2, -0.15) is 0 Å². The number of carbonyl (C=O) groups is 1. The van der Waals surface area contributed by atoms with Crippen molar-refractivity contribution in [1.82, 2.24) is 15.7 Å². The van der Waals surface area contributed by atoms with E-state index >= 15 is 0 Å². The van der Waals surface area contributed by atoms with Crippen LogP contribution < -0.4 is 10.8 Å². The molecule has 8 heteroatoms. The van der Waals surface area contributed by atoms with Crippen molar-refractivity contribution in [3.63, 3.8) is 0 Å². The number of thiophene rings is 1. The summed E-state index contributed by atoms with van der Waals surface area (Å²) in [4.78, 5) is 20.3. The van der Waals surface area contributed by atoms with Gasteiger partial charge in [-0.05, 0) is 38.0 Å². The van der Waals surface area contributed by atoms with Crippen LogP contribution in [0.2, 0.25) is 4.34 Å². The largest absolute Gasteiger partial charge is 0.361 e. The Hall–Kier alpha value is -1.57. The van der Waals surface area contributed by atoms with E-state index in [1.807, 2.05) is 6.92 Å². The number of hydroxylamine groups is 1. The number of amidine groups is 1. The van der Waals surface area contributed by atoms with Gasteiger partial charge in [-0.3, -0.25) is 20.5 Å². The third kappa shape index (κ3) is 4.09. The number of hydrogen-bond acceptors (Lipinski definition) is 5. The molecule has 1 aromatic rings. The fourth-order valence-corrected chi connectivity index (χ4v) is 3.93. The van der Waals surface area contributed by atoms with Gasteiger partial charge >= 0.3 is 0 Å². The van der Waals surface area contributed by atoms with E-state index in [0.717, 1.165) is 31.6 Å². The van der Waals surface area contributed by atoms with Gasteiger partial charge in [0.15, 0.2) is 0 Å². The Kier molecular flexibility index (Phi) is 5.43. The van der Waals surface area contributed by atoms with Crippen molar-refractivity contribution < 1.29 is 9.63 Å². The second-order valence-corrected chi connectivity index (χ2v) is 7.76. The van der Waals surface area contributed by atoms with Crippen molar-refractivity contribution in [2.75, 3.05) is 19.6 Å². The van der Waals surface area contributed by atoms with Crippen LogP contribution in [0.1, 0.15) is 29.4 Å². The van der Waals surface area contributed by atoms with Crippen molar-refractivity contribution in [2.45, 2.75) is 25.9 Å². The number of amides is 1. The second-order valence-electron chi connectivity index (χ2n) is 6.04. The lowest BCUT2D eigenvalue weighted by atomic mass is 9.93. The first-order valence-corrected chi connectivity index (χ1v) is 9.19. The number of halogens is 1. The van der Waals surface area contributed by atoms with Gasteiger partial charge in [-0.1, -0.05) is 11.6 Å². The van der Waals surface area contributed by atoms with Crippen molar-refractivity contribution in [3.05, 3.63) is 33.1 Å². The number of rotatable bonds is 4. The lowest BCUT2D eigenvalue weighted by molar-refractivity contribution is 0.0363. The number of likely N-dealkylation sites (tertiary alicyclic amines) is 1. The summed E-state index contributed by atoms with van der Waals surface area (Å²) in [5.74, 6) is 0.928. The Bertz CT molecular complexity index is 652. The van der Waals surface area contributed by atoms with Crippen LogP contribution in [-0.2, 0) is 4.84 Å². The molecule has 24 heavy (non-hydrogen) atoms. The van der Waals surface area contributed by atoms with Gasteiger partial charge in [0, 0.05) is 24.7 Å². The molecule has 3 N–H and O–H groups in total. The molecule has 6 nitrogen and oxygen atoms in total. The monoisotopic (exact) mass is 368 g/mol. The Balaban J connectivity index is 1.47. The molecular formula is C16H21ClN4O2S. The molecule has 1 fully saturated rings. The van der Waals surface area contributed by atoms with Crippen LogP contribution >= 0.6 is 22.9 Å². The van der Waals surface area contributed by atoms with Crippen LogP contribution in [0.25, 0.3) is 0 Å². The van der Waals surface area contributed by atoms with E-state index in [0.29, 0.717) is 27.5 Å². The van der Waals surface area contributed by atoms with Gasteiger partial charge in [0.1, 0.15) is 6.10 Å². The molecule has 1 saturated heterocycles. The SMILES string of the molecule is CC(=N)N1CCC(C2=CC(CNC(=O)c3ccc(Cl)s3)ON2)CC1. The van der Waals surface area contributed by atoms with Gasteiger partial charge in [-0.15, -0.1) is 11.3 Å². The summed E-state index contributed by atoms with van der Waals surface area (Å²) >= 11 is 7.11. The summed E-state index contributed by atoms with van der Waals surface area (Å²) in [7, 11) is 0. The summed E-state index contributed by atoms with van der Waals surface area (Å²) in [5, 5.41) is 10.6. The Morgan fingerprint density at radius 1 is 1.50 bits per heavy atom. The Morgan fingerprint density at radius 2 is 2.25 bits per heavy atom. The van der Waals surface area contributed by atoms with Crippen LogP contribution in [0.3, 0.4) is 0 Å². The van der Waals surface area contributed by atoms with Crippen molar-refractivity contribution in [3.8, 4) is 0 Å². The molecule has 3 heterocycles. The highest BCUT2D eigenvalue weighted by Crippen LogP contribution is 2.26. The zero-order valence-corrected chi connectivity index (χ0v) is 15.0. The molecule has 0 spiro atoms. The molecule has 2 aliphatic rings. The topological polar surface area (TPSA) is 77.5 Å². The highest BCUT2D eigenvalue weighted by atomic mass is 35.5. The normalized spacial score (nSPS) is 21.3. The molecule has 0 bridgehead atoms. The maximum Gasteiger partial charge on any atom is 0.261 e. The molecule has 3 rings (SSSR count). The van der Waals surface area contributed by atoms with Gasteiger partial charge in [-0.25, -0.2) is 0 Å². The van der Waals surface area contributed by atoms with Crippen molar-refractivity contribution in [1.29, 1.82) is 5.41 Å². The number of nitrogens with zero attached hydrogens (tertiary/aromatic N) is 1. The van der Waals surface area contributed by atoms with E-state index in [9.17, 15) is 4.79 Å². The fraction of sp³-hybridized carbons (Fsp3) is 0.500. The summed E-state index contributed by atoms with van der Waals surface area (Å²) < 4.78 is 0.604. The smallest absolute Gasteiger partial charge is 0.261 e. The third-order valence-corrected chi connectivity index (χ3v) is 5.59. The summed E-state index contributed by atoms with van der Waals surface area (Å²) in [5.41, 5.74) is 4.10. The first-order chi connectivity index (χ1) is 11.5. The third-order valence-electron chi connectivity index (χ3n) is 4.36. The van der Waals surface area contributed by atoms with Gasteiger partial charge in [0.25, 0.3) is 5.91 Å². The van der Waals surface area contributed by atoms with Crippen LogP contribution in [-0.4, -0.2) is 42.4 Å². The minimum atomic E-state index is -0.165. The molecule has 0 aromatic carbocycles. The number of allylic oxidation sites excluding steroid dienone is 1. The number of carbonyl (C=O) groups excluding carboxylic acids is 1. The van der Waals surface area contributed by atoms with Crippen molar-refractivity contribution in [2.24, 2.45) is 5.92 Å². The first-order valence-electron chi connectivity index (χ1n) is 8.00. The minimum Gasteiger partial charge on any atom is -0.361 e. The highest BCUT2D eigenvalue weighted by molar-refractivity contribution is 7.17. The van der Waals surface area contributed by atoms with Gasteiger partial charge in [0.2, 0.25) is 0 Å². The minimum absolute atomic E-state index is 0.132. The van der Waals surface area contributed by atoms with Crippen LogP contribution in [0.5, 0.6) is 0 Å². The molecule has 1 atom stereocenters. The molecular weight excluding hydrogens is 348 g/mol. The number of nitrogens with one attached hydrogen (secondary N) is 3. The molecule has 1 unspecified atom stereocenters. The van der Waals surface area contributed by atoms with Crippen LogP contribution in [0, 0.1) is 11.3 Å². The lowest BCUT2D eigenvalue weighted by Crippen LogP contribution is -2.38. The quantitative estimate of drug-likeness (QED) is 0.564. The molecule has 2 aliphatic heterocycles. The lowest BCUT2D eigenvalue weighted by Gasteiger charge is -2.32. The van der Waals surface area contributed by atoms with E-state index in [-0.39, 0.29) is 12.0 Å². The van der Waals surface area contributed by atoms with Gasteiger partial charge < -0.3 is 10.2 Å². The average molecular weight is 369 g/mol. The fourth-order valence-electron chi connectivity index (χ4n) is 2.97. The zero-order chi connectivity index (χ0) is 17.1. The molecule has 0 aliphatic carbocycles. The van der Waals surface area contributed by atoms with E-state index in [2.05, 4.69) is 21.8 Å². The summed E-state index contributed by atoms with van der Waals surface area (Å²) in [6.45, 7) is 4.05. The predicted octanol–water partition coefficient (Wildman–Crippen LogP) is 2.63. The average Bonchev–Trinajstić information content (AvgIpc) is 3.22. The molecule has 0 radical (unpaired) electrons. The Labute approximate surface area is 150 Å². The zero-order valence-electron chi connectivity index (χ0n) is 13.5. The molecule has 0 saturated carbocycles. The summed E-state index contributed by atoms with van der Waals surface area (Å²) in [6.07, 6.45) is 3.90. The van der Waals surface area contributed by atoms with Crippen LogP contribution in [0.4, 0.5) is 0 Å². The number of hydrogen-bond donors (Lipinski definition) is 3.